The quantitative estimate of drug-likeness (QED) is 0.566. The zero-order chi connectivity index (χ0) is 26.0. The summed E-state index contributed by atoms with van der Waals surface area (Å²) >= 11 is 11.7. The average molecular weight is 547 g/mol. The number of nitrogens with one attached hydrogen (secondary N) is 1. The molecule has 1 N–H and O–H groups in total. The second-order valence-electron chi connectivity index (χ2n) is 9.19. The second kappa shape index (κ2) is 8.33. The maximum absolute atomic E-state index is 14.9. The van der Waals surface area contributed by atoms with Crippen LogP contribution in [0.4, 0.5) is 18.9 Å². The first kappa shape index (κ1) is 25.7. The summed E-state index contributed by atoms with van der Waals surface area (Å²) < 4.78 is 72.4. The van der Waals surface area contributed by atoms with Gasteiger partial charge in [0.2, 0.25) is 15.6 Å². The molecule has 1 heterocycles. The van der Waals surface area contributed by atoms with Crippen molar-refractivity contribution in [2.45, 2.75) is 43.3 Å². The molecule has 0 fully saturated rings. The molecule has 12 heteroatoms. The molecule has 0 saturated heterocycles. The predicted molar refractivity (Wildman–Crippen MR) is 125 cm³/mol. The number of hydrogen-bond donors (Lipinski definition) is 1. The number of sulfonamides is 1. The van der Waals surface area contributed by atoms with Crippen molar-refractivity contribution in [2.24, 2.45) is 5.41 Å². The molecule has 1 aliphatic heterocycles. The fourth-order valence-corrected chi connectivity index (χ4v) is 6.03. The van der Waals surface area contributed by atoms with E-state index < -0.39 is 49.3 Å². The number of alkyl halides is 3. The van der Waals surface area contributed by atoms with Crippen LogP contribution in [0.5, 0.6) is 0 Å². The van der Waals surface area contributed by atoms with Crippen LogP contribution >= 0.6 is 23.2 Å². The van der Waals surface area contributed by atoms with E-state index in [0.717, 1.165) is 17.0 Å². The van der Waals surface area contributed by atoms with Crippen LogP contribution in [0, 0.1) is 5.41 Å². The SMILES string of the molecule is CC1(C)CC(=O)C2=C(C1)N(c1ccc(Cl)cc1)C(=O)[C@@]2(NS(=O)(=O)c1ccc(Cl)cc1)C(F)(F)F. The molecule has 1 atom stereocenters. The number of anilines is 1. The lowest BCUT2D eigenvalue weighted by Crippen LogP contribution is -2.66. The van der Waals surface area contributed by atoms with Crippen molar-refractivity contribution in [3.05, 3.63) is 69.8 Å². The zero-order valence-electron chi connectivity index (χ0n) is 18.4. The van der Waals surface area contributed by atoms with Gasteiger partial charge in [0.05, 0.1) is 10.5 Å². The predicted octanol–water partition coefficient (Wildman–Crippen LogP) is 5.26. The van der Waals surface area contributed by atoms with E-state index in [0.29, 0.717) is 0 Å². The van der Waals surface area contributed by atoms with E-state index in [1.807, 2.05) is 0 Å². The molecule has 0 radical (unpaired) electrons. The van der Waals surface area contributed by atoms with Gasteiger partial charge in [-0.25, -0.2) is 8.42 Å². The van der Waals surface area contributed by atoms with Gasteiger partial charge >= 0.3 is 6.18 Å². The zero-order valence-corrected chi connectivity index (χ0v) is 20.7. The van der Waals surface area contributed by atoms with Gasteiger partial charge in [0.1, 0.15) is 0 Å². The molecule has 1 aliphatic carbocycles. The Hall–Kier alpha value is -2.40. The van der Waals surface area contributed by atoms with Crippen LogP contribution in [0.25, 0.3) is 0 Å². The molecule has 0 bridgehead atoms. The van der Waals surface area contributed by atoms with Crippen molar-refractivity contribution in [1.29, 1.82) is 0 Å². The Bertz CT molecular complexity index is 1350. The summed E-state index contributed by atoms with van der Waals surface area (Å²) in [4.78, 5) is 27.1. The van der Waals surface area contributed by atoms with E-state index in [9.17, 15) is 31.2 Å². The van der Waals surface area contributed by atoms with E-state index in [4.69, 9.17) is 23.2 Å². The maximum Gasteiger partial charge on any atom is 0.421 e. The molecule has 6 nitrogen and oxygen atoms in total. The molecule has 2 aromatic rings. The molecule has 2 aliphatic rings. The molecule has 0 aromatic heterocycles. The lowest BCUT2D eigenvalue weighted by Gasteiger charge is -2.35. The van der Waals surface area contributed by atoms with Crippen LogP contribution in [-0.4, -0.2) is 31.8 Å². The van der Waals surface area contributed by atoms with Gasteiger partial charge in [0.15, 0.2) is 5.78 Å². The van der Waals surface area contributed by atoms with Gasteiger partial charge in [-0.3, -0.25) is 14.5 Å². The van der Waals surface area contributed by atoms with Crippen molar-refractivity contribution in [3.8, 4) is 0 Å². The van der Waals surface area contributed by atoms with Gasteiger partial charge in [-0.15, -0.1) is 0 Å². The van der Waals surface area contributed by atoms with Crippen molar-refractivity contribution in [3.63, 3.8) is 0 Å². The lowest BCUT2D eigenvalue weighted by atomic mass is 9.72. The van der Waals surface area contributed by atoms with Gasteiger partial charge in [-0.05, 0) is 60.4 Å². The van der Waals surface area contributed by atoms with Crippen LogP contribution in [0.3, 0.4) is 0 Å². The number of carbonyl (C=O) groups is 2. The number of benzene rings is 2. The number of amides is 1. The number of Topliss-reactive ketones (excluding diaryl/α,β-unsaturated/α-hetero) is 1. The van der Waals surface area contributed by atoms with Gasteiger partial charge in [0, 0.05) is 27.9 Å². The number of ketones is 1. The normalized spacial score (nSPS) is 22.5. The van der Waals surface area contributed by atoms with Crippen molar-refractivity contribution in [1.82, 2.24) is 4.72 Å². The smallest absolute Gasteiger partial charge is 0.294 e. The second-order valence-corrected chi connectivity index (χ2v) is 11.7. The molecule has 0 unspecified atom stereocenters. The topological polar surface area (TPSA) is 83.6 Å². The lowest BCUT2D eigenvalue weighted by molar-refractivity contribution is -0.184. The first-order chi connectivity index (χ1) is 16.1. The molecule has 2 aromatic carbocycles. The third-order valence-corrected chi connectivity index (χ3v) is 7.91. The van der Waals surface area contributed by atoms with Gasteiger partial charge in [-0.1, -0.05) is 37.0 Å². The van der Waals surface area contributed by atoms with Crippen LogP contribution in [0.1, 0.15) is 26.7 Å². The highest BCUT2D eigenvalue weighted by Crippen LogP contribution is 2.53. The third-order valence-electron chi connectivity index (χ3n) is 5.94. The largest absolute Gasteiger partial charge is 0.421 e. The first-order valence-electron chi connectivity index (χ1n) is 10.3. The van der Waals surface area contributed by atoms with Crippen LogP contribution in [-0.2, 0) is 19.6 Å². The van der Waals surface area contributed by atoms with Crippen molar-refractivity contribution >= 4 is 50.6 Å². The molecule has 186 valence electrons. The Balaban J connectivity index is 1.98. The number of carbonyl (C=O) groups excluding carboxylic acids is 2. The first-order valence-corrected chi connectivity index (χ1v) is 12.6. The van der Waals surface area contributed by atoms with E-state index in [1.165, 1.54) is 36.4 Å². The Labute approximate surface area is 209 Å². The van der Waals surface area contributed by atoms with Crippen LogP contribution in [0.15, 0.2) is 64.7 Å². The van der Waals surface area contributed by atoms with Crippen LogP contribution in [0.2, 0.25) is 10.0 Å². The monoisotopic (exact) mass is 546 g/mol. The molecular formula is C23H19Cl2F3N2O4S. The summed E-state index contributed by atoms with van der Waals surface area (Å²) in [6, 6.07) is 9.81. The number of rotatable bonds is 4. The molecule has 0 spiro atoms. The summed E-state index contributed by atoms with van der Waals surface area (Å²) in [6.07, 6.45) is -5.85. The highest BCUT2D eigenvalue weighted by molar-refractivity contribution is 7.89. The van der Waals surface area contributed by atoms with Crippen molar-refractivity contribution < 1.29 is 31.2 Å². The minimum atomic E-state index is -5.48. The Kier molecular flexibility index (Phi) is 6.11. The molecular weight excluding hydrogens is 528 g/mol. The Morgan fingerprint density at radius 1 is 0.914 bits per heavy atom. The summed E-state index contributed by atoms with van der Waals surface area (Å²) in [5.41, 5.74) is -5.67. The average Bonchev–Trinajstić information content (AvgIpc) is 2.96. The summed E-state index contributed by atoms with van der Waals surface area (Å²) in [6.45, 7) is 3.37. The number of nitrogens with zero attached hydrogens (tertiary/aromatic N) is 1. The fourth-order valence-electron chi connectivity index (χ4n) is 4.45. The highest BCUT2D eigenvalue weighted by Gasteiger charge is 2.72. The number of halogens is 5. The molecule has 4 rings (SSSR count). The van der Waals surface area contributed by atoms with E-state index >= 15 is 0 Å². The van der Waals surface area contributed by atoms with Gasteiger partial charge < -0.3 is 0 Å². The van der Waals surface area contributed by atoms with Crippen molar-refractivity contribution in [2.75, 3.05) is 4.90 Å². The summed E-state index contributed by atoms with van der Waals surface area (Å²) in [5, 5.41) is 0.440. The van der Waals surface area contributed by atoms with Gasteiger partial charge in [0.25, 0.3) is 5.91 Å². The summed E-state index contributed by atoms with van der Waals surface area (Å²) in [7, 11) is -4.93. The highest BCUT2D eigenvalue weighted by atomic mass is 35.5. The minimum Gasteiger partial charge on any atom is -0.294 e. The standard InChI is InChI=1S/C23H19Cl2F3N2O4S/c1-21(2)11-17-19(18(31)12-21)22(23(26,27)28,20(32)30(17)15-7-3-13(24)4-8-15)29-35(33,34)16-9-5-14(25)6-10-16/h3-10,29H,11-12H2,1-2H3/t22-/m1/s1. The van der Waals surface area contributed by atoms with Crippen LogP contribution < -0.4 is 9.62 Å². The van der Waals surface area contributed by atoms with E-state index in [2.05, 4.69) is 0 Å². The Morgan fingerprint density at radius 3 is 1.94 bits per heavy atom. The maximum atomic E-state index is 14.9. The molecule has 35 heavy (non-hydrogen) atoms. The number of hydrogen-bond acceptors (Lipinski definition) is 4. The third kappa shape index (κ3) is 4.26. The summed E-state index contributed by atoms with van der Waals surface area (Å²) in [5.74, 6) is -2.60. The van der Waals surface area contributed by atoms with E-state index in [1.54, 1.807) is 18.6 Å². The number of allylic oxidation sites excluding steroid dienone is 1. The minimum absolute atomic E-state index is 0.0224. The molecule has 0 saturated carbocycles. The molecule has 1 amide bonds. The fraction of sp³-hybridized carbons (Fsp3) is 0.304. The Morgan fingerprint density at radius 2 is 1.43 bits per heavy atom. The van der Waals surface area contributed by atoms with E-state index in [-0.39, 0.29) is 34.3 Å². The van der Waals surface area contributed by atoms with Gasteiger partial charge in [-0.2, -0.15) is 17.9 Å².